The molecule has 0 atom stereocenters. The molecule has 39 heavy (non-hydrogen) atoms. The van der Waals surface area contributed by atoms with Crippen LogP contribution in [0.15, 0.2) is 164 Å². The monoisotopic (exact) mass is 582 g/mol. The zero-order valence-electron chi connectivity index (χ0n) is 21.3. The number of hydrogen-bond acceptors (Lipinski definition) is 1. The van der Waals surface area contributed by atoms with Crippen LogP contribution in [-0.4, -0.2) is 6.29 Å². The Hall–Kier alpha value is -3.37. The van der Waals surface area contributed by atoms with E-state index in [1.165, 1.54) is 31.8 Å². The van der Waals surface area contributed by atoms with Gasteiger partial charge in [0.25, 0.3) is 0 Å². The summed E-state index contributed by atoms with van der Waals surface area (Å²) in [5.41, 5.74) is 0.749. The second-order valence-corrected chi connectivity index (χ2v) is 13.1. The molecule has 0 saturated carbocycles. The van der Waals surface area contributed by atoms with E-state index in [2.05, 4.69) is 140 Å². The van der Waals surface area contributed by atoms with Crippen molar-refractivity contribution in [2.45, 2.75) is 0 Å². The van der Waals surface area contributed by atoms with Crippen LogP contribution in [0.1, 0.15) is 10.4 Å². The molecule has 0 aliphatic rings. The molecule has 6 aromatic rings. The molecule has 0 radical (unpaired) electrons. The van der Waals surface area contributed by atoms with Crippen molar-refractivity contribution in [3.8, 4) is 0 Å². The van der Waals surface area contributed by atoms with Gasteiger partial charge in [-0.15, -0.1) is 16.2 Å². The molecule has 6 rings (SSSR count). The van der Waals surface area contributed by atoms with Crippen LogP contribution in [-0.2, 0) is 17.1 Å². The predicted octanol–water partition coefficient (Wildman–Crippen LogP) is 6.14. The Morgan fingerprint density at radius 1 is 0.436 bits per heavy atom. The SMILES string of the molecule is O=Cc1cc[c-](P(c2ccccc2)c2ccccc2)c1.[Fe+2].c1ccc(P(c2ccccc2)[c-]2cccc2)cc1. The Kier molecular flexibility index (Phi) is 10.8. The second-order valence-electron chi connectivity index (χ2n) is 8.68. The van der Waals surface area contributed by atoms with Gasteiger partial charge >= 0.3 is 17.1 Å². The van der Waals surface area contributed by atoms with Gasteiger partial charge in [0, 0.05) is 0 Å². The number of carbonyl (C=O) groups is 1. The average Bonchev–Trinajstić information content (AvgIpc) is 3.69. The van der Waals surface area contributed by atoms with Crippen molar-refractivity contribution >= 4 is 54.0 Å². The third-order valence-electron chi connectivity index (χ3n) is 6.12. The summed E-state index contributed by atoms with van der Waals surface area (Å²) in [5, 5.41) is 8.06. The van der Waals surface area contributed by atoms with Gasteiger partial charge in [0.1, 0.15) is 0 Å². The van der Waals surface area contributed by atoms with Crippen molar-refractivity contribution < 1.29 is 21.9 Å². The van der Waals surface area contributed by atoms with Crippen LogP contribution < -0.4 is 31.8 Å². The van der Waals surface area contributed by atoms with E-state index >= 15 is 0 Å². The van der Waals surface area contributed by atoms with Crippen LogP contribution >= 0.6 is 15.8 Å². The standard InChI is InChI=1S/C18H14OP.C17H14P.Fe/c19-14-15-11-12-18(13-15)20(16-7-3-1-4-8-16)17-9-5-2-6-10-17;1-3-9-15(10-4-1)18(17-13-7-8-14-17)16-11-5-2-6-12-16;/h1-14H;1-14H;/q2*-1;+2. The maximum Gasteiger partial charge on any atom is 2.00 e. The van der Waals surface area contributed by atoms with E-state index in [4.69, 9.17) is 0 Å². The van der Waals surface area contributed by atoms with Gasteiger partial charge in [-0.3, -0.25) is 0 Å². The molecule has 0 aromatic heterocycles. The van der Waals surface area contributed by atoms with E-state index in [0.717, 1.165) is 11.8 Å². The first-order valence-electron chi connectivity index (χ1n) is 12.6. The molecular weight excluding hydrogens is 554 g/mol. The zero-order valence-corrected chi connectivity index (χ0v) is 24.2. The fourth-order valence-corrected chi connectivity index (χ4v) is 9.02. The van der Waals surface area contributed by atoms with Gasteiger partial charge in [-0.2, -0.15) is 24.3 Å². The van der Waals surface area contributed by atoms with Gasteiger partial charge in [-0.05, 0) is 21.2 Å². The fraction of sp³-hybridized carbons (Fsp3) is 0. The molecule has 0 amide bonds. The van der Waals surface area contributed by atoms with E-state index in [-0.39, 0.29) is 17.1 Å². The van der Waals surface area contributed by atoms with E-state index in [9.17, 15) is 4.79 Å². The first kappa shape index (κ1) is 28.6. The molecule has 0 unspecified atom stereocenters. The minimum Gasteiger partial charge on any atom is -0.313 e. The Labute approximate surface area is 244 Å². The third kappa shape index (κ3) is 7.39. The van der Waals surface area contributed by atoms with Crippen LogP contribution in [0.4, 0.5) is 0 Å². The van der Waals surface area contributed by atoms with Crippen LogP contribution in [0.25, 0.3) is 0 Å². The van der Waals surface area contributed by atoms with Crippen LogP contribution in [0, 0.1) is 0 Å². The van der Waals surface area contributed by atoms with E-state index in [0.29, 0.717) is 0 Å². The molecule has 6 aromatic carbocycles. The summed E-state index contributed by atoms with van der Waals surface area (Å²) < 4.78 is 0. The van der Waals surface area contributed by atoms with E-state index < -0.39 is 15.8 Å². The van der Waals surface area contributed by atoms with Crippen molar-refractivity contribution in [2.75, 3.05) is 0 Å². The number of hydrogen-bond donors (Lipinski definition) is 0. The maximum absolute atomic E-state index is 10.9. The van der Waals surface area contributed by atoms with Gasteiger partial charge in [-0.1, -0.05) is 137 Å². The van der Waals surface area contributed by atoms with Gasteiger partial charge in [0.05, 0.1) is 6.29 Å². The number of aldehydes is 1. The molecule has 0 aliphatic heterocycles. The first-order valence-corrected chi connectivity index (χ1v) is 15.3. The molecule has 0 aliphatic carbocycles. The van der Waals surface area contributed by atoms with E-state index in [1.54, 1.807) is 0 Å². The summed E-state index contributed by atoms with van der Waals surface area (Å²) >= 11 is 0. The summed E-state index contributed by atoms with van der Waals surface area (Å²) in [5.74, 6) is 0. The van der Waals surface area contributed by atoms with Crippen molar-refractivity contribution in [3.63, 3.8) is 0 Å². The van der Waals surface area contributed by atoms with Crippen molar-refractivity contribution in [3.05, 3.63) is 169 Å². The number of benzene rings is 4. The molecule has 1 nitrogen and oxygen atoms in total. The van der Waals surface area contributed by atoms with Crippen molar-refractivity contribution in [2.24, 2.45) is 0 Å². The largest absolute Gasteiger partial charge is 2.00 e. The summed E-state index contributed by atoms with van der Waals surface area (Å²) in [6.07, 6.45) is 0.910. The third-order valence-corrected chi connectivity index (χ3v) is 11.0. The molecule has 0 bridgehead atoms. The van der Waals surface area contributed by atoms with Crippen molar-refractivity contribution in [1.29, 1.82) is 0 Å². The summed E-state index contributed by atoms with van der Waals surface area (Å²) in [4.78, 5) is 10.9. The molecule has 0 N–H and O–H groups in total. The quantitative estimate of drug-likeness (QED) is 0.0958. The smallest absolute Gasteiger partial charge is 0.313 e. The molecule has 0 heterocycles. The molecule has 4 heteroatoms. The van der Waals surface area contributed by atoms with Crippen LogP contribution in [0.3, 0.4) is 0 Å². The Bertz CT molecular complexity index is 1430. The van der Waals surface area contributed by atoms with Gasteiger partial charge in [0.15, 0.2) is 0 Å². The topological polar surface area (TPSA) is 17.1 Å². The molecular formula is C35H28FeOP2. The van der Waals surface area contributed by atoms with Crippen LogP contribution in [0.2, 0.25) is 0 Å². The summed E-state index contributed by atoms with van der Waals surface area (Å²) in [6.45, 7) is 0. The molecule has 192 valence electrons. The van der Waals surface area contributed by atoms with E-state index in [1.807, 2.05) is 24.3 Å². The Morgan fingerprint density at radius 3 is 1.13 bits per heavy atom. The number of carbonyl (C=O) groups excluding carboxylic acids is 1. The fourth-order valence-electron chi connectivity index (χ4n) is 4.38. The zero-order chi connectivity index (χ0) is 26.0. The normalized spacial score (nSPS) is 10.4. The van der Waals surface area contributed by atoms with Crippen LogP contribution in [0.5, 0.6) is 0 Å². The van der Waals surface area contributed by atoms with Gasteiger partial charge in [0.2, 0.25) is 0 Å². The minimum atomic E-state index is -0.590. The summed E-state index contributed by atoms with van der Waals surface area (Å²) in [6, 6.07) is 57.2. The molecule has 0 fully saturated rings. The second kappa shape index (κ2) is 14.7. The molecule has 0 spiro atoms. The maximum atomic E-state index is 10.9. The minimum absolute atomic E-state index is 0. The van der Waals surface area contributed by atoms with Gasteiger partial charge in [-0.25, -0.2) is 18.2 Å². The molecule has 0 saturated heterocycles. The predicted molar refractivity (Wildman–Crippen MR) is 167 cm³/mol. The number of rotatable bonds is 7. The first-order chi connectivity index (χ1) is 18.8. The Morgan fingerprint density at radius 2 is 0.795 bits per heavy atom. The summed E-state index contributed by atoms with van der Waals surface area (Å²) in [7, 11) is -0.999. The average molecular weight is 582 g/mol. The van der Waals surface area contributed by atoms with Crippen molar-refractivity contribution in [1.82, 2.24) is 0 Å². The Balaban J connectivity index is 0.000000177. The van der Waals surface area contributed by atoms with Gasteiger partial charge < -0.3 is 4.79 Å².